The summed E-state index contributed by atoms with van der Waals surface area (Å²) in [7, 11) is -2.57. The number of hydrogen-bond donors (Lipinski definition) is 1. The predicted molar refractivity (Wildman–Crippen MR) is 94.1 cm³/mol. The quantitative estimate of drug-likeness (QED) is 0.669. The lowest BCUT2D eigenvalue weighted by atomic mass is 9.73. The maximum Gasteiger partial charge on any atom is 0.670 e. The van der Waals surface area contributed by atoms with Gasteiger partial charge in [0.2, 0.25) is 0 Å². The van der Waals surface area contributed by atoms with Crippen LogP contribution >= 0.6 is 0 Å². The first-order valence-electron chi connectivity index (χ1n) is 7.88. The maximum absolute atomic E-state index is 13.1. The molecule has 1 aromatic rings. The third-order valence-electron chi connectivity index (χ3n) is 3.87. The largest absolute Gasteiger partial charge is 0.670 e. The van der Waals surface area contributed by atoms with E-state index < -0.39 is 7.40 Å². The Morgan fingerprint density at radius 3 is 1.32 bits per heavy atom. The summed E-state index contributed by atoms with van der Waals surface area (Å²) in [5.41, 5.74) is 3.22. The zero-order valence-corrected chi connectivity index (χ0v) is 15.5. The summed E-state index contributed by atoms with van der Waals surface area (Å²) in [6.07, 6.45) is 0. The number of benzene rings is 1. The molecular weight excluding hydrogens is 279 g/mol. The summed E-state index contributed by atoms with van der Waals surface area (Å²) in [6.45, 7) is 18.9. The molecule has 1 rings (SSSR count). The van der Waals surface area contributed by atoms with Crippen LogP contribution in [0.2, 0.25) is 0 Å². The van der Waals surface area contributed by atoms with Gasteiger partial charge in [-0.15, -0.1) is 0 Å². The molecule has 0 fully saturated rings. The van der Waals surface area contributed by atoms with Crippen molar-refractivity contribution in [1.82, 2.24) is 0 Å². The van der Waals surface area contributed by atoms with Crippen LogP contribution < -0.4 is 5.23 Å². The van der Waals surface area contributed by atoms with Crippen LogP contribution in [0.25, 0.3) is 0 Å². The maximum atomic E-state index is 13.1. The lowest BCUT2D eigenvalue weighted by molar-refractivity contribution is 0.550. The van der Waals surface area contributed by atoms with E-state index in [1.54, 1.807) is 0 Å². The second-order valence-corrected chi connectivity index (χ2v) is 9.14. The second kappa shape index (κ2) is 5.86. The van der Waals surface area contributed by atoms with E-state index in [0.29, 0.717) is 5.69 Å². The van der Waals surface area contributed by atoms with Gasteiger partial charge < -0.3 is 5.23 Å². The van der Waals surface area contributed by atoms with Crippen LogP contribution in [0.15, 0.2) is 12.1 Å². The Hall–Kier alpha value is -1.06. The van der Waals surface area contributed by atoms with Gasteiger partial charge >= 0.3 is 7.40 Å². The zero-order chi connectivity index (χ0) is 17.5. The number of rotatable bonds is 2. The molecule has 0 spiro atoms. The van der Waals surface area contributed by atoms with Gasteiger partial charge in [0, 0.05) is 5.69 Å². The highest BCUT2D eigenvalue weighted by atomic mass is 19.2. The summed E-state index contributed by atoms with van der Waals surface area (Å²) in [5, 5.41) is 2.40. The predicted octanol–water partition coefficient (Wildman–Crippen LogP) is 5.91. The molecule has 0 unspecified atom stereocenters. The van der Waals surface area contributed by atoms with Crippen LogP contribution in [0.4, 0.5) is 14.3 Å². The third-order valence-corrected chi connectivity index (χ3v) is 3.87. The lowest BCUT2D eigenvalue weighted by Gasteiger charge is -2.33. The normalized spacial score (nSPS) is 13.2. The topological polar surface area (TPSA) is 12.0 Å². The Kier molecular flexibility index (Phi) is 5.06. The molecule has 1 nitrogen and oxygen atoms in total. The monoisotopic (exact) mass is 309 g/mol. The fourth-order valence-corrected chi connectivity index (χ4v) is 2.52. The van der Waals surface area contributed by atoms with Crippen molar-refractivity contribution in [2.45, 2.75) is 78.6 Å². The SMILES string of the molecule is CC(C)(C)c1cc(C(C)(C)C)c(NB(F)F)c(C(C)(C)C)c1. The number of nitrogens with one attached hydrogen (secondary N) is 1. The Balaban J connectivity index is 3.78. The van der Waals surface area contributed by atoms with E-state index >= 15 is 0 Å². The van der Waals surface area contributed by atoms with Crippen molar-refractivity contribution in [2.75, 3.05) is 5.23 Å². The first kappa shape index (κ1) is 19.0. The lowest BCUT2D eigenvalue weighted by Crippen LogP contribution is -2.26. The molecule has 0 aliphatic rings. The molecule has 4 heteroatoms. The van der Waals surface area contributed by atoms with Crippen molar-refractivity contribution in [3.8, 4) is 0 Å². The van der Waals surface area contributed by atoms with E-state index in [2.05, 4.69) is 79.7 Å². The van der Waals surface area contributed by atoms with Crippen molar-refractivity contribution >= 4 is 13.1 Å². The van der Waals surface area contributed by atoms with Gasteiger partial charge in [0.1, 0.15) is 0 Å². The molecule has 0 radical (unpaired) electrons. The van der Waals surface area contributed by atoms with Gasteiger partial charge in [-0.05, 0) is 32.9 Å². The van der Waals surface area contributed by atoms with Crippen LogP contribution in [-0.2, 0) is 16.2 Å². The highest BCUT2D eigenvalue weighted by Crippen LogP contribution is 2.41. The zero-order valence-electron chi connectivity index (χ0n) is 15.5. The Morgan fingerprint density at radius 2 is 1.09 bits per heavy atom. The van der Waals surface area contributed by atoms with E-state index in [-0.39, 0.29) is 16.2 Å². The van der Waals surface area contributed by atoms with Gasteiger partial charge in [0.15, 0.2) is 0 Å². The first-order valence-corrected chi connectivity index (χ1v) is 7.88. The van der Waals surface area contributed by atoms with Gasteiger partial charge in [0.25, 0.3) is 0 Å². The Morgan fingerprint density at radius 1 is 0.727 bits per heavy atom. The van der Waals surface area contributed by atoms with E-state index in [1.165, 1.54) is 5.56 Å². The molecule has 0 aliphatic carbocycles. The minimum atomic E-state index is -2.57. The van der Waals surface area contributed by atoms with Gasteiger partial charge in [-0.3, -0.25) is 8.63 Å². The third kappa shape index (κ3) is 4.47. The van der Waals surface area contributed by atoms with Gasteiger partial charge in [-0.1, -0.05) is 74.4 Å². The fourth-order valence-electron chi connectivity index (χ4n) is 2.52. The molecule has 0 bridgehead atoms. The van der Waals surface area contributed by atoms with Crippen molar-refractivity contribution in [3.05, 3.63) is 28.8 Å². The Bertz CT molecular complexity index is 496. The average molecular weight is 309 g/mol. The fraction of sp³-hybridized carbons (Fsp3) is 0.667. The van der Waals surface area contributed by atoms with E-state index in [1.807, 2.05) is 0 Å². The molecule has 1 N–H and O–H groups in total. The minimum Gasteiger partial charge on any atom is -0.369 e. The molecule has 22 heavy (non-hydrogen) atoms. The molecule has 0 aromatic heterocycles. The van der Waals surface area contributed by atoms with Crippen LogP contribution in [-0.4, -0.2) is 7.40 Å². The highest BCUT2D eigenvalue weighted by molar-refractivity contribution is 6.47. The summed E-state index contributed by atoms with van der Waals surface area (Å²) in [6, 6.07) is 4.17. The summed E-state index contributed by atoms with van der Waals surface area (Å²) in [5.74, 6) is 0. The van der Waals surface area contributed by atoms with Crippen LogP contribution in [0, 0.1) is 0 Å². The van der Waals surface area contributed by atoms with Crippen LogP contribution in [0.1, 0.15) is 79.0 Å². The summed E-state index contributed by atoms with van der Waals surface area (Å²) < 4.78 is 26.2. The number of halogens is 2. The van der Waals surface area contributed by atoms with Crippen molar-refractivity contribution in [1.29, 1.82) is 0 Å². The molecule has 0 heterocycles. The summed E-state index contributed by atoms with van der Waals surface area (Å²) in [4.78, 5) is 0. The minimum absolute atomic E-state index is 0.0244. The molecule has 0 saturated carbocycles. The van der Waals surface area contributed by atoms with Crippen molar-refractivity contribution in [3.63, 3.8) is 0 Å². The van der Waals surface area contributed by atoms with Gasteiger partial charge in [0.05, 0.1) is 0 Å². The molecule has 124 valence electrons. The molecule has 0 saturated heterocycles. The second-order valence-electron chi connectivity index (χ2n) is 9.14. The average Bonchev–Trinajstić information content (AvgIpc) is 2.23. The van der Waals surface area contributed by atoms with Crippen LogP contribution in [0.3, 0.4) is 0 Å². The molecular formula is C18H30BF2N. The number of hydrogen-bond acceptors (Lipinski definition) is 1. The highest BCUT2D eigenvalue weighted by Gasteiger charge is 2.31. The Labute approximate surface area is 135 Å². The van der Waals surface area contributed by atoms with E-state index in [4.69, 9.17) is 0 Å². The molecule has 0 aliphatic heterocycles. The van der Waals surface area contributed by atoms with Crippen LogP contribution in [0.5, 0.6) is 0 Å². The van der Waals surface area contributed by atoms with E-state index in [9.17, 15) is 8.63 Å². The molecule has 0 amide bonds. The van der Waals surface area contributed by atoms with Gasteiger partial charge in [-0.25, -0.2) is 0 Å². The van der Waals surface area contributed by atoms with E-state index in [0.717, 1.165) is 11.1 Å². The van der Waals surface area contributed by atoms with Crippen molar-refractivity contribution < 1.29 is 8.63 Å². The van der Waals surface area contributed by atoms with Crippen molar-refractivity contribution in [2.24, 2.45) is 0 Å². The first-order chi connectivity index (χ1) is 9.64. The smallest absolute Gasteiger partial charge is 0.369 e. The molecule has 1 aromatic carbocycles. The summed E-state index contributed by atoms with van der Waals surface area (Å²) >= 11 is 0. The molecule has 0 atom stereocenters. The number of anilines is 1. The standard InChI is InChI=1S/C18H30BF2N/c1-16(2,3)12-10-13(17(4,5)6)15(22-19(20)21)14(11-12)18(7,8)9/h10-11,22H,1-9H3. The van der Waals surface area contributed by atoms with Gasteiger partial charge in [-0.2, -0.15) is 0 Å².